The van der Waals surface area contributed by atoms with Crippen LogP contribution in [0.3, 0.4) is 0 Å². The second-order valence-corrected chi connectivity index (χ2v) is 8.28. The molecule has 1 aliphatic heterocycles. The van der Waals surface area contributed by atoms with Gasteiger partial charge >= 0.3 is 7.12 Å². The standard InChI is InChI=1S/C18H30BNO3/c1-9-10-14-11-13(12-15(20-14)21-16(2,3)4)19-22-17(5,6)18(7,8)23-19/h11-12H,9-10H2,1-8H3. The largest absolute Gasteiger partial charge is 0.495 e. The lowest BCUT2D eigenvalue weighted by Gasteiger charge is -2.32. The van der Waals surface area contributed by atoms with E-state index in [-0.39, 0.29) is 23.9 Å². The quantitative estimate of drug-likeness (QED) is 0.796. The van der Waals surface area contributed by atoms with Gasteiger partial charge in [0.05, 0.1) is 11.2 Å². The number of aryl methyl sites for hydroxylation is 1. The first kappa shape index (κ1) is 18.3. The summed E-state index contributed by atoms with van der Waals surface area (Å²) in [5.41, 5.74) is 0.999. The number of pyridine rings is 1. The molecule has 0 spiro atoms. The third kappa shape index (κ3) is 4.27. The zero-order valence-corrected chi connectivity index (χ0v) is 15.8. The second-order valence-electron chi connectivity index (χ2n) is 8.28. The Hall–Kier alpha value is -1.07. The summed E-state index contributed by atoms with van der Waals surface area (Å²) in [6.07, 6.45) is 1.95. The molecule has 1 aliphatic rings. The van der Waals surface area contributed by atoms with Crippen molar-refractivity contribution in [3.05, 3.63) is 17.8 Å². The molecule has 0 atom stereocenters. The van der Waals surface area contributed by atoms with Crippen LogP contribution in [0.5, 0.6) is 5.88 Å². The maximum absolute atomic E-state index is 6.16. The highest BCUT2D eigenvalue weighted by molar-refractivity contribution is 6.62. The Balaban J connectivity index is 2.35. The van der Waals surface area contributed by atoms with Gasteiger partial charge in [0, 0.05) is 11.8 Å². The van der Waals surface area contributed by atoms with Crippen LogP contribution in [-0.2, 0) is 15.7 Å². The van der Waals surface area contributed by atoms with Gasteiger partial charge in [-0.05, 0) is 66.4 Å². The van der Waals surface area contributed by atoms with Crippen LogP contribution in [-0.4, -0.2) is 28.9 Å². The van der Waals surface area contributed by atoms with Crippen molar-refractivity contribution in [1.82, 2.24) is 4.98 Å². The smallest absolute Gasteiger partial charge is 0.472 e. The van der Waals surface area contributed by atoms with Crippen molar-refractivity contribution in [3.8, 4) is 5.88 Å². The zero-order chi connectivity index (χ0) is 17.5. The van der Waals surface area contributed by atoms with Crippen LogP contribution in [0.2, 0.25) is 0 Å². The van der Waals surface area contributed by atoms with E-state index in [1.165, 1.54) is 0 Å². The summed E-state index contributed by atoms with van der Waals surface area (Å²) in [7, 11) is -0.388. The fourth-order valence-corrected chi connectivity index (χ4v) is 2.45. The van der Waals surface area contributed by atoms with Crippen LogP contribution in [0.1, 0.15) is 67.5 Å². The van der Waals surface area contributed by atoms with E-state index in [9.17, 15) is 0 Å². The molecule has 1 aromatic rings. The molecule has 0 N–H and O–H groups in total. The average molecular weight is 319 g/mol. The first-order valence-electron chi connectivity index (χ1n) is 8.49. The highest BCUT2D eigenvalue weighted by Gasteiger charge is 2.51. The van der Waals surface area contributed by atoms with Crippen LogP contribution in [0.15, 0.2) is 12.1 Å². The number of nitrogens with zero attached hydrogens (tertiary/aromatic N) is 1. The first-order valence-corrected chi connectivity index (χ1v) is 8.49. The monoisotopic (exact) mass is 319 g/mol. The molecule has 1 fully saturated rings. The third-order valence-corrected chi connectivity index (χ3v) is 4.32. The summed E-state index contributed by atoms with van der Waals surface area (Å²) in [6.45, 7) is 16.5. The lowest BCUT2D eigenvalue weighted by molar-refractivity contribution is 0.00578. The Labute approximate surface area is 141 Å². The number of ether oxygens (including phenoxy) is 1. The molecule has 0 unspecified atom stereocenters. The molecule has 0 aromatic carbocycles. The maximum atomic E-state index is 6.16. The van der Waals surface area contributed by atoms with Crippen molar-refractivity contribution in [2.24, 2.45) is 0 Å². The lowest BCUT2D eigenvalue weighted by Crippen LogP contribution is -2.41. The van der Waals surface area contributed by atoms with E-state index in [4.69, 9.17) is 14.0 Å². The number of hydrogen-bond donors (Lipinski definition) is 0. The maximum Gasteiger partial charge on any atom is 0.495 e. The van der Waals surface area contributed by atoms with Gasteiger partial charge < -0.3 is 14.0 Å². The van der Waals surface area contributed by atoms with Gasteiger partial charge in [0.2, 0.25) is 5.88 Å². The molecule has 0 bridgehead atoms. The van der Waals surface area contributed by atoms with Crippen LogP contribution >= 0.6 is 0 Å². The first-order chi connectivity index (χ1) is 10.4. The van der Waals surface area contributed by atoms with Crippen molar-refractivity contribution in [2.75, 3.05) is 0 Å². The van der Waals surface area contributed by atoms with E-state index in [0.29, 0.717) is 5.88 Å². The molecule has 0 radical (unpaired) electrons. The van der Waals surface area contributed by atoms with E-state index in [2.05, 4.69) is 45.7 Å². The van der Waals surface area contributed by atoms with Gasteiger partial charge in [-0.25, -0.2) is 4.98 Å². The zero-order valence-electron chi connectivity index (χ0n) is 15.8. The molecular weight excluding hydrogens is 289 g/mol. The normalized spacial score (nSPS) is 19.9. The molecule has 23 heavy (non-hydrogen) atoms. The van der Waals surface area contributed by atoms with Crippen LogP contribution in [0.25, 0.3) is 0 Å². The summed E-state index contributed by atoms with van der Waals surface area (Å²) < 4.78 is 18.3. The Morgan fingerprint density at radius 1 is 1.09 bits per heavy atom. The van der Waals surface area contributed by atoms with Crippen molar-refractivity contribution < 1.29 is 14.0 Å². The van der Waals surface area contributed by atoms with E-state index in [1.54, 1.807) is 0 Å². The molecule has 0 saturated carbocycles. The molecule has 4 nitrogen and oxygen atoms in total. The summed E-state index contributed by atoms with van der Waals surface area (Å²) >= 11 is 0. The van der Waals surface area contributed by atoms with Crippen LogP contribution in [0, 0.1) is 0 Å². The third-order valence-electron chi connectivity index (χ3n) is 4.32. The molecule has 2 heterocycles. The average Bonchev–Trinajstić information content (AvgIpc) is 2.56. The molecule has 2 rings (SSSR count). The molecule has 5 heteroatoms. The number of aromatic nitrogens is 1. The number of rotatable bonds is 4. The van der Waals surface area contributed by atoms with Gasteiger partial charge in [-0.15, -0.1) is 0 Å². The predicted molar refractivity (Wildman–Crippen MR) is 94.3 cm³/mol. The molecule has 0 amide bonds. The molecule has 1 aromatic heterocycles. The minimum atomic E-state index is -0.388. The fraction of sp³-hybridized carbons (Fsp3) is 0.722. The van der Waals surface area contributed by atoms with Crippen molar-refractivity contribution in [2.45, 2.75) is 85.0 Å². The molecule has 1 saturated heterocycles. The molecule has 0 aliphatic carbocycles. The van der Waals surface area contributed by atoms with E-state index < -0.39 is 0 Å². The highest BCUT2D eigenvalue weighted by atomic mass is 16.7. The van der Waals surface area contributed by atoms with Crippen LogP contribution < -0.4 is 10.2 Å². The van der Waals surface area contributed by atoms with Gasteiger partial charge in [-0.2, -0.15) is 0 Å². The summed E-state index contributed by atoms with van der Waals surface area (Å²) in [6, 6.07) is 4.01. The summed E-state index contributed by atoms with van der Waals surface area (Å²) in [5.74, 6) is 0.633. The SMILES string of the molecule is CCCc1cc(B2OC(C)(C)C(C)(C)O2)cc(OC(C)(C)C)n1. The topological polar surface area (TPSA) is 40.6 Å². The van der Waals surface area contributed by atoms with Gasteiger partial charge in [-0.3, -0.25) is 0 Å². The van der Waals surface area contributed by atoms with Gasteiger partial charge in [0.1, 0.15) is 5.60 Å². The Morgan fingerprint density at radius 2 is 1.65 bits per heavy atom. The summed E-state index contributed by atoms with van der Waals surface area (Å²) in [5, 5.41) is 0. The van der Waals surface area contributed by atoms with E-state index in [0.717, 1.165) is 24.0 Å². The lowest BCUT2D eigenvalue weighted by atomic mass is 9.79. The molecule has 128 valence electrons. The van der Waals surface area contributed by atoms with Crippen molar-refractivity contribution in [3.63, 3.8) is 0 Å². The van der Waals surface area contributed by atoms with E-state index >= 15 is 0 Å². The number of hydrogen-bond acceptors (Lipinski definition) is 4. The Kier molecular flexibility index (Phi) is 4.85. The summed E-state index contributed by atoms with van der Waals surface area (Å²) in [4.78, 5) is 4.62. The van der Waals surface area contributed by atoms with Gasteiger partial charge in [-0.1, -0.05) is 13.3 Å². The Morgan fingerprint density at radius 3 is 2.13 bits per heavy atom. The van der Waals surface area contributed by atoms with Crippen molar-refractivity contribution >= 4 is 12.6 Å². The highest BCUT2D eigenvalue weighted by Crippen LogP contribution is 2.36. The van der Waals surface area contributed by atoms with E-state index in [1.807, 2.05) is 26.8 Å². The van der Waals surface area contributed by atoms with Crippen LogP contribution in [0.4, 0.5) is 0 Å². The molecular formula is C18H30BNO3. The van der Waals surface area contributed by atoms with Gasteiger partial charge in [0.25, 0.3) is 0 Å². The minimum absolute atomic E-state index is 0.287. The second kappa shape index (κ2) is 6.10. The van der Waals surface area contributed by atoms with Gasteiger partial charge in [0.15, 0.2) is 0 Å². The Bertz CT molecular complexity index is 548. The minimum Gasteiger partial charge on any atom is -0.472 e. The predicted octanol–water partition coefficient (Wildman–Crippen LogP) is 3.51. The fourth-order valence-electron chi connectivity index (χ4n) is 2.45. The van der Waals surface area contributed by atoms with Crippen molar-refractivity contribution in [1.29, 1.82) is 0 Å².